The molecule has 0 aliphatic rings. The van der Waals surface area contributed by atoms with Gasteiger partial charge in [0, 0.05) is 13.1 Å². The molecule has 5 heteroatoms. The molecule has 0 spiro atoms. The zero-order chi connectivity index (χ0) is 17.9. The van der Waals surface area contributed by atoms with Crippen LogP contribution in [0.25, 0.3) is 0 Å². The van der Waals surface area contributed by atoms with Crippen LogP contribution in [0.3, 0.4) is 0 Å². The highest BCUT2D eigenvalue weighted by atomic mass is 16.5. The van der Waals surface area contributed by atoms with E-state index in [-0.39, 0.29) is 5.91 Å². The summed E-state index contributed by atoms with van der Waals surface area (Å²) in [5.74, 6) is 1.40. The normalized spacial score (nSPS) is 10.3. The van der Waals surface area contributed by atoms with Crippen LogP contribution in [0.15, 0.2) is 48.5 Å². The van der Waals surface area contributed by atoms with Crippen LogP contribution in [0.5, 0.6) is 11.5 Å². The predicted octanol–water partition coefficient (Wildman–Crippen LogP) is 2.89. The van der Waals surface area contributed by atoms with Gasteiger partial charge in [0.2, 0.25) is 5.91 Å². The molecule has 0 saturated heterocycles. The van der Waals surface area contributed by atoms with Crippen molar-refractivity contribution in [2.24, 2.45) is 0 Å². The van der Waals surface area contributed by atoms with Gasteiger partial charge in [0.15, 0.2) is 11.5 Å². The van der Waals surface area contributed by atoms with Gasteiger partial charge in [-0.1, -0.05) is 43.3 Å². The number of hydrogen-bond acceptors (Lipinski definition) is 4. The summed E-state index contributed by atoms with van der Waals surface area (Å²) in [7, 11) is 1.63. The molecule has 0 saturated carbocycles. The Morgan fingerprint density at radius 2 is 1.84 bits per heavy atom. The highest BCUT2D eigenvalue weighted by Crippen LogP contribution is 2.28. The number of amides is 1. The number of benzene rings is 2. The van der Waals surface area contributed by atoms with Gasteiger partial charge in [0.05, 0.1) is 13.7 Å². The maximum atomic E-state index is 11.6. The summed E-state index contributed by atoms with van der Waals surface area (Å²) in [6, 6.07) is 15.8. The zero-order valence-electron chi connectivity index (χ0n) is 14.9. The maximum Gasteiger partial charge on any atom is 0.233 e. The van der Waals surface area contributed by atoms with Crippen molar-refractivity contribution < 1.29 is 14.3 Å². The van der Waals surface area contributed by atoms with Crippen molar-refractivity contribution in [2.45, 2.75) is 26.5 Å². The number of carbonyl (C=O) groups is 1. The lowest BCUT2D eigenvalue weighted by molar-refractivity contribution is -0.120. The van der Waals surface area contributed by atoms with Crippen molar-refractivity contribution in [3.8, 4) is 11.5 Å². The third kappa shape index (κ3) is 6.47. The molecule has 134 valence electrons. The minimum absolute atomic E-state index is 0.0101. The summed E-state index contributed by atoms with van der Waals surface area (Å²) in [4.78, 5) is 11.6. The van der Waals surface area contributed by atoms with Crippen molar-refractivity contribution in [2.75, 3.05) is 20.2 Å². The first-order valence-electron chi connectivity index (χ1n) is 8.54. The lowest BCUT2D eigenvalue weighted by Crippen LogP contribution is -2.33. The molecule has 0 atom stereocenters. The number of carbonyl (C=O) groups excluding carboxylic acids is 1. The van der Waals surface area contributed by atoms with Gasteiger partial charge < -0.3 is 20.1 Å². The number of nitrogens with one attached hydrogen (secondary N) is 2. The van der Waals surface area contributed by atoms with Gasteiger partial charge in [-0.3, -0.25) is 4.79 Å². The lowest BCUT2D eigenvalue weighted by Gasteiger charge is -2.13. The minimum atomic E-state index is 0.0101. The standard InChI is InChI=1S/C20H26N2O3/c1-3-11-22-20(23)14-21-13-17-9-10-18(24-2)19(12-17)25-15-16-7-5-4-6-8-16/h4-10,12,21H,3,11,13-15H2,1-2H3,(H,22,23). The fourth-order valence-electron chi connectivity index (χ4n) is 2.33. The molecule has 0 bridgehead atoms. The maximum absolute atomic E-state index is 11.6. The molecule has 2 aromatic rings. The van der Waals surface area contributed by atoms with Crippen LogP contribution in [-0.4, -0.2) is 26.1 Å². The molecule has 2 aromatic carbocycles. The van der Waals surface area contributed by atoms with E-state index in [0.717, 1.165) is 17.5 Å². The van der Waals surface area contributed by atoms with E-state index in [1.54, 1.807) is 7.11 Å². The second-order valence-electron chi connectivity index (χ2n) is 5.71. The van der Waals surface area contributed by atoms with Gasteiger partial charge in [-0.05, 0) is 29.7 Å². The molecule has 0 heterocycles. The van der Waals surface area contributed by atoms with E-state index in [0.29, 0.717) is 37.7 Å². The van der Waals surface area contributed by atoms with Crippen LogP contribution in [0.4, 0.5) is 0 Å². The van der Waals surface area contributed by atoms with Crippen molar-refractivity contribution in [3.63, 3.8) is 0 Å². The SMILES string of the molecule is CCCNC(=O)CNCc1ccc(OC)c(OCc2ccccc2)c1. The molecule has 0 aliphatic carbocycles. The number of rotatable bonds is 10. The van der Waals surface area contributed by atoms with Gasteiger partial charge in [-0.15, -0.1) is 0 Å². The van der Waals surface area contributed by atoms with E-state index in [1.165, 1.54) is 0 Å². The molecule has 25 heavy (non-hydrogen) atoms. The fraction of sp³-hybridized carbons (Fsp3) is 0.350. The molecule has 1 amide bonds. The van der Waals surface area contributed by atoms with E-state index in [4.69, 9.17) is 9.47 Å². The molecule has 0 aromatic heterocycles. The minimum Gasteiger partial charge on any atom is -0.493 e. The van der Waals surface area contributed by atoms with Gasteiger partial charge in [0.25, 0.3) is 0 Å². The second kappa shape index (κ2) is 10.4. The van der Waals surface area contributed by atoms with Gasteiger partial charge >= 0.3 is 0 Å². The zero-order valence-corrected chi connectivity index (χ0v) is 14.9. The van der Waals surface area contributed by atoms with E-state index < -0.39 is 0 Å². The number of hydrogen-bond donors (Lipinski definition) is 2. The third-order valence-electron chi connectivity index (χ3n) is 3.65. The topological polar surface area (TPSA) is 59.6 Å². The van der Waals surface area contributed by atoms with Crippen LogP contribution in [-0.2, 0) is 17.9 Å². The first kappa shape index (κ1) is 18.8. The first-order chi connectivity index (χ1) is 12.2. The molecule has 2 N–H and O–H groups in total. The van der Waals surface area contributed by atoms with Crippen LogP contribution in [0.2, 0.25) is 0 Å². The van der Waals surface area contributed by atoms with E-state index >= 15 is 0 Å². The third-order valence-corrected chi connectivity index (χ3v) is 3.65. The molecule has 2 rings (SSSR count). The smallest absolute Gasteiger partial charge is 0.233 e. The molecular weight excluding hydrogens is 316 g/mol. The summed E-state index contributed by atoms with van der Waals surface area (Å²) >= 11 is 0. The van der Waals surface area contributed by atoms with E-state index in [2.05, 4.69) is 10.6 Å². The highest BCUT2D eigenvalue weighted by Gasteiger charge is 2.07. The van der Waals surface area contributed by atoms with Crippen molar-refractivity contribution >= 4 is 5.91 Å². The molecule has 0 unspecified atom stereocenters. The van der Waals surface area contributed by atoms with Gasteiger partial charge in [0.1, 0.15) is 6.61 Å². The van der Waals surface area contributed by atoms with Crippen LogP contribution < -0.4 is 20.1 Å². The average molecular weight is 342 g/mol. The van der Waals surface area contributed by atoms with Gasteiger partial charge in [-0.25, -0.2) is 0 Å². The summed E-state index contributed by atoms with van der Waals surface area (Å²) in [5, 5.41) is 5.98. The highest BCUT2D eigenvalue weighted by molar-refractivity contribution is 5.77. The number of ether oxygens (including phenoxy) is 2. The average Bonchev–Trinajstić information content (AvgIpc) is 2.65. The molecule has 5 nitrogen and oxygen atoms in total. The van der Waals surface area contributed by atoms with Crippen LogP contribution in [0, 0.1) is 0 Å². The van der Waals surface area contributed by atoms with E-state index in [9.17, 15) is 4.79 Å². The summed E-state index contributed by atoms with van der Waals surface area (Å²) in [5.41, 5.74) is 2.13. The quantitative estimate of drug-likeness (QED) is 0.697. The number of methoxy groups -OCH3 is 1. The second-order valence-corrected chi connectivity index (χ2v) is 5.71. The Morgan fingerprint density at radius 3 is 2.56 bits per heavy atom. The molecule has 0 radical (unpaired) electrons. The summed E-state index contributed by atoms with van der Waals surface area (Å²) < 4.78 is 11.3. The Balaban J connectivity index is 1.90. The van der Waals surface area contributed by atoms with Crippen molar-refractivity contribution in [3.05, 3.63) is 59.7 Å². The first-order valence-corrected chi connectivity index (χ1v) is 8.54. The Bertz CT molecular complexity index is 659. The summed E-state index contributed by atoms with van der Waals surface area (Å²) in [6.45, 7) is 4.10. The molecule has 0 fully saturated rings. The predicted molar refractivity (Wildman–Crippen MR) is 98.8 cm³/mol. The largest absolute Gasteiger partial charge is 0.493 e. The Labute approximate surface area is 149 Å². The van der Waals surface area contributed by atoms with Crippen molar-refractivity contribution in [1.82, 2.24) is 10.6 Å². The van der Waals surface area contributed by atoms with Gasteiger partial charge in [-0.2, -0.15) is 0 Å². The van der Waals surface area contributed by atoms with E-state index in [1.807, 2.05) is 55.5 Å². The lowest BCUT2D eigenvalue weighted by atomic mass is 10.2. The Hall–Kier alpha value is -2.53. The monoisotopic (exact) mass is 342 g/mol. The molecular formula is C20H26N2O3. The van der Waals surface area contributed by atoms with Crippen LogP contribution >= 0.6 is 0 Å². The Morgan fingerprint density at radius 1 is 1.04 bits per heavy atom. The van der Waals surface area contributed by atoms with Crippen molar-refractivity contribution in [1.29, 1.82) is 0 Å². The van der Waals surface area contributed by atoms with Crippen LogP contribution in [0.1, 0.15) is 24.5 Å². The summed E-state index contributed by atoms with van der Waals surface area (Å²) in [6.07, 6.45) is 0.937. The Kier molecular flexibility index (Phi) is 7.79. The molecule has 0 aliphatic heterocycles. The fourth-order valence-corrected chi connectivity index (χ4v) is 2.33.